The van der Waals surface area contributed by atoms with E-state index >= 15 is 0 Å². The number of hydrogen-bond donors (Lipinski definition) is 2. The van der Waals surface area contributed by atoms with Crippen LogP contribution in [0.5, 0.6) is 11.5 Å². The maximum Gasteiger partial charge on any atom is 0.263 e. The van der Waals surface area contributed by atoms with E-state index in [1.165, 1.54) is 51.6 Å². The van der Waals surface area contributed by atoms with Crippen molar-refractivity contribution in [3.05, 3.63) is 45.9 Å². The van der Waals surface area contributed by atoms with Gasteiger partial charge in [0.05, 0.1) is 24.9 Å². The van der Waals surface area contributed by atoms with E-state index in [1.54, 1.807) is 0 Å². The first-order valence-corrected chi connectivity index (χ1v) is 9.44. The topological polar surface area (TPSA) is 93.7 Å². The number of carbonyl (C=O) groups is 1. The fraction of sp³-hybridized carbons (Fsp3) is 0.188. The summed E-state index contributed by atoms with van der Waals surface area (Å²) in [6.07, 6.45) is 0. The molecule has 26 heavy (non-hydrogen) atoms. The number of ether oxygens (including phenoxy) is 2. The van der Waals surface area contributed by atoms with Crippen LogP contribution >= 0.6 is 23.2 Å². The quantitative estimate of drug-likeness (QED) is 0.750. The van der Waals surface area contributed by atoms with E-state index in [2.05, 4.69) is 10.0 Å². The molecule has 0 aliphatic rings. The van der Waals surface area contributed by atoms with E-state index in [-0.39, 0.29) is 43.6 Å². The van der Waals surface area contributed by atoms with Crippen molar-refractivity contribution >= 4 is 44.8 Å². The molecule has 0 radical (unpaired) electrons. The van der Waals surface area contributed by atoms with Gasteiger partial charge in [0.1, 0.15) is 21.4 Å². The molecule has 0 fully saturated rings. The Kier molecular flexibility index (Phi) is 6.22. The van der Waals surface area contributed by atoms with Crippen molar-refractivity contribution in [2.75, 3.05) is 26.0 Å². The van der Waals surface area contributed by atoms with Crippen LogP contribution in [0.1, 0.15) is 10.4 Å². The largest absolute Gasteiger partial charge is 0.495 e. The Bertz CT molecular complexity index is 948. The predicted molar refractivity (Wildman–Crippen MR) is 100 cm³/mol. The van der Waals surface area contributed by atoms with E-state index in [0.29, 0.717) is 0 Å². The van der Waals surface area contributed by atoms with Crippen LogP contribution in [-0.4, -0.2) is 35.6 Å². The number of methoxy groups -OCH3 is 2. The highest BCUT2D eigenvalue weighted by atomic mass is 35.5. The third kappa shape index (κ3) is 3.98. The molecule has 0 bridgehead atoms. The number of sulfonamides is 1. The first-order chi connectivity index (χ1) is 12.2. The molecule has 0 saturated heterocycles. The van der Waals surface area contributed by atoms with Gasteiger partial charge in [-0.2, -0.15) is 0 Å². The van der Waals surface area contributed by atoms with Gasteiger partial charge in [-0.1, -0.05) is 23.2 Å². The van der Waals surface area contributed by atoms with Gasteiger partial charge < -0.3 is 14.8 Å². The highest BCUT2D eigenvalue weighted by Gasteiger charge is 2.23. The Morgan fingerprint density at radius 3 is 2.19 bits per heavy atom. The van der Waals surface area contributed by atoms with Crippen LogP contribution in [0.4, 0.5) is 5.69 Å². The van der Waals surface area contributed by atoms with Crippen molar-refractivity contribution in [1.29, 1.82) is 0 Å². The molecule has 0 saturated carbocycles. The number of amides is 1. The lowest BCUT2D eigenvalue weighted by molar-refractivity contribution is 0.0963. The zero-order valence-electron chi connectivity index (χ0n) is 14.1. The second-order valence-corrected chi connectivity index (χ2v) is 7.40. The zero-order valence-corrected chi connectivity index (χ0v) is 16.4. The molecule has 2 N–H and O–H groups in total. The van der Waals surface area contributed by atoms with Crippen LogP contribution < -0.4 is 19.5 Å². The number of halogens is 2. The highest BCUT2D eigenvalue weighted by molar-refractivity contribution is 7.92. The van der Waals surface area contributed by atoms with Gasteiger partial charge >= 0.3 is 0 Å². The van der Waals surface area contributed by atoms with Crippen LogP contribution in [0.3, 0.4) is 0 Å². The molecule has 0 unspecified atom stereocenters. The van der Waals surface area contributed by atoms with E-state index in [0.717, 1.165) is 0 Å². The molecule has 0 aliphatic carbocycles. The van der Waals surface area contributed by atoms with Gasteiger partial charge in [-0.25, -0.2) is 8.42 Å². The van der Waals surface area contributed by atoms with Gasteiger partial charge in [0, 0.05) is 12.6 Å². The molecule has 0 spiro atoms. The number of carbonyl (C=O) groups excluding carboxylic acids is 1. The molecule has 1 amide bonds. The van der Waals surface area contributed by atoms with Gasteiger partial charge in [-0.05, 0) is 30.3 Å². The minimum atomic E-state index is -4.11. The Morgan fingerprint density at radius 1 is 1.00 bits per heavy atom. The third-order valence-corrected chi connectivity index (χ3v) is 5.84. The van der Waals surface area contributed by atoms with Crippen LogP contribution in [0.25, 0.3) is 0 Å². The van der Waals surface area contributed by atoms with Crippen molar-refractivity contribution in [1.82, 2.24) is 5.32 Å². The molecular weight excluding hydrogens is 403 g/mol. The summed E-state index contributed by atoms with van der Waals surface area (Å²) < 4.78 is 38.0. The summed E-state index contributed by atoms with van der Waals surface area (Å²) in [5.41, 5.74) is 0.335. The predicted octanol–water partition coefficient (Wildman–Crippen LogP) is 3.17. The standard InChI is InChI=1S/C16H16Cl2N2O5S/c1-19-16(21)9-4-5-11(24-2)10(8-9)20-26(22,23)13-7-6-12(25-3)14(17)15(13)18/h4-8,20H,1-3H3,(H,19,21). The average Bonchev–Trinajstić information content (AvgIpc) is 2.62. The lowest BCUT2D eigenvalue weighted by Gasteiger charge is -2.15. The van der Waals surface area contributed by atoms with Gasteiger partial charge in [0.25, 0.3) is 15.9 Å². The first-order valence-electron chi connectivity index (χ1n) is 7.20. The molecule has 2 aromatic rings. The third-order valence-electron chi connectivity index (χ3n) is 3.45. The molecule has 0 atom stereocenters. The van der Waals surface area contributed by atoms with Gasteiger partial charge in [-0.3, -0.25) is 9.52 Å². The minimum Gasteiger partial charge on any atom is -0.495 e. The smallest absolute Gasteiger partial charge is 0.263 e. The molecule has 2 rings (SSSR count). The highest BCUT2D eigenvalue weighted by Crippen LogP contribution is 2.38. The van der Waals surface area contributed by atoms with Crippen molar-refractivity contribution < 1.29 is 22.7 Å². The van der Waals surface area contributed by atoms with Crippen LogP contribution in [0, 0.1) is 0 Å². The lowest BCUT2D eigenvalue weighted by Crippen LogP contribution is -2.19. The number of rotatable bonds is 6. The average molecular weight is 419 g/mol. The van der Waals surface area contributed by atoms with Gasteiger partial charge in [-0.15, -0.1) is 0 Å². The summed E-state index contributed by atoms with van der Waals surface area (Å²) in [5.74, 6) is 0.102. The second kappa shape index (κ2) is 8.03. The van der Waals surface area contributed by atoms with Crippen LogP contribution in [0.2, 0.25) is 10.0 Å². The summed E-state index contributed by atoms with van der Waals surface area (Å²) in [4.78, 5) is 11.6. The number of nitrogens with one attached hydrogen (secondary N) is 2. The van der Waals surface area contributed by atoms with Crippen molar-refractivity contribution in [3.8, 4) is 11.5 Å². The molecule has 0 heterocycles. The molecule has 0 aliphatic heterocycles. The van der Waals surface area contributed by atoms with Gasteiger partial charge in [0.2, 0.25) is 0 Å². The summed E-state index contributed by atoms with van der Waals surface area (Å²) in [6, 6.07) is 7.00. The number of hydrogen-bond acceptors (Lipinski definition) is 5. The molecule has 7 nitrogen and oxygen atoms in total. The molecule has 140 valence electrons. The van der Waals surface area contributed by atoms with Crippen molar-refractivity contribution in [2.24, 2.45) is 0 Å². The summed E-state index contributed by atoms with van der Waals surface area (Å²) >= 11 is 12.1. The van der Waals surface area contributed by atoms with Crippen molar-refractivity contribution in [3.63, 3.8) is 0 Å². The molecular formula is C16H16Cl2N2O5S. The SMILES string of the molecule is CNC(=O)c1ccc(OC)c(NS(=O)(=O)c2ccc(OC)c(Cl)c2Cl)c1. The lowest BCUT2D eigenvalue weighted by atomic mass is 10.2. The van der Waals surface area contributed by atoms with E-state index in [4.69, 9.17) is 32.7 Å². The maximum atomic E-state index is 12.7. The zero-order chi connectivity index (χ0) is 19.5. The van der Waals surface area contributed by atoms with Crippen LogP contribution in [-0.2, 0) is 10.0 Å². The minimum absolute atomic E-state index is 0.0249. The van der Waals surface area contributed by atoms with Crippen molar-refractivity contribution in [2.45, 2.75) is 4.90 Å². The summed E-state index contributed by atoms with van der Waals surface area (Å²) in [7, 11) is 0.128. The normalized spacial score (nSPS) is 11.0. The summed E-state index contributed by atoms with van der Waals surface area (Å²) in [5, 5.41) is 2.25. The van der Waals surface area contributed by atoms with E-state index in [9.17, 15) is 13.2 Å². The molecule has 0 aromatic heterocycles. The molecule has 2 aromatic carbocycles. The Hall–Kier alpha value is -2.16. The fourth-order valence-corrected chi connectivity index (χ4v) is 4.06. The monoisotopic (exact) mass is 418 g/mol. The van der Waals surface area contributed by atoms with Gasteiger partial charge in [0.15, 0.2) is 0 Å². The van der Waals surface area contributed by atoms with Crippen LogP contribution in [0.15, 0.2) is 35.2 Å². The fourth-order valence-electron chi connectivity index (χ4n) is 2.15. The number of benzene rings is 2. The second-order valence-electron chi connectivity index (χ2n) is 4.99. The number of anilines is 1. The summed E-state index contributed by atoms with van der Waals surface area (Å²) in [6.45, 7) is 0. The van der Waals surface area contributed by atoms with E-state index in [1.807, 2.05) is 0 Å². The Labute approximate surface area is 161 Å². The molecule has 10 heteroatoms. The maximum absolute atomic E-state index is 12.7. The Morgan fingerprint density at radius 2 is 1.62 bits per heavy atom. The first kappa shape index (κ1) is 20.2. The van der Waals surface area contributed by atoms with E-state index < -0.39 is 10.0 Å². The Balaban J connectivity index is 2.50.